The van der Waals surface area contributed by atoms with Gasteiger partial charge in [0.2, 0.25) is 0 Å². The van der Waals surface area contributed by atoms with Crippen LogP contribution in [0.1, 0.15) is 26.7 Å². The van der Waals surface area contributed by atoms with E-state index in [4.69, 9.17) is 4.74 Å². The molecule has 0 aliphatic carbocycles. The van der Waals surface area contributed by atoms with Crippen molar-refractivity contribution in [2.75, 3.05) is 34.4 Å². The van der Waals surface area contributed by atoms with Crippen molar-refractivity contribution < 1.29 is 14.6 Å². The van der Waals surface area contributed by atoms with Crippen LogP contribution in [0.4, 0.5) is 0 Å². The van der Waals surface area contributed by atoms with Gasteiger partial charge in [0, 0.05) is 19.8 Å². The number of aliphatic carboxylic acids is 1. The molecule has 5 nitrogen and oxygen atoms in total. The first-order chi connectivity index (χ1) is 7.81. The van der Waals surface area contributed by atoms with E-state index in [2.05, 4.69) is 10.2 Å². The molecule has 0 spiro atoms. The Morgan fingerprint density at radius 1 is 1.53 bits per heavy atom. The second-order valence-electron chi connectivity index (χ2n) is 5.02. The predicted molar refractivity (Wildman–Crippen MR) is 68.3 cm³/mol. The number of hydrogen-bond acceptors (Lipinski definition) is 4. The topological polar surface area (TPSA) is 61.8 Å². The quantitative estimate of drug-likeness (QED) is 0.630. The molecule has 0 aromatic carbocycles. The number of carboxylic acid groups (broad SMARTS) is 1. The summed E-state index contributed by atoms with van der Waals surface area (Å²) in [6.07, 6.45) is 1.38. The molecule has 0 aromatic heterocycles. The van der Waals surface area contributed by atoms with Crippen LogP contribution in [0.3, 0.4) is 0 Å². The van der Waals surface area contributed by atoms with Crippen LogP contribution in [0.25, 0.3) is 0 Å². The second kappa shape index (κ2) is 7.63. The van der Waals surface area contributed by atoms with E-state index in [0.29, 0.717) is 13.0 Å². The molecule has 0 aliphatic rings. The van der Waals surface area contributed by atoms with Crippen molar-refractivity contribution in [1.29, 1.82) is 0 Å². The molecule has 0 bridgehead atoms. The van der Waals surface area contributed by atoms with Gasteiger partial charge >= 0.3 is 5.97 Å². The van der Waals surface area contributed by atoms with Crippen molar-refractivity contribution >= 4 is 5.97 Å². The maximum Gasteiger partial charge on any atom is 0.323 e. The Labute approximate surface area is 104 Å². The number of rotatable bonds is 9. The minimum absolute atomic E-state index is 0.162. The van der Waals surface area contributed by atoms with Crippen LogP contribution in [-0.2, 0) is 9.53 Å². The van der Waals surface area contributed by atoms with Crippen molar-refractivity contribution in [2.24, 2.45) is 0 Å². The Kier molecular flexibility index (Phi) is 7.34. The molecule has 2 unspecified atom stereocenters. The van der Waals surface area contributed by atoms with Crippen LogP contribution in [-0.4, -0.2) is 61.9 Å². The number of hydrogen-bond donors (Lipinski definition) is 2. The smallest absolute Gasteiger partial charge is 0.323 e. The summed E-state index contributed by atoms with van der Waals surface area (Å²) >= 11 is 0. The van der Waals surface area contributed by atoms with Crippen LogP contribution in [0, 0.1) is 0 Å². The molecule has 102 valence electrons. The standard InChI is InChI=1S/C12H26N2O3/c1-10(6-8-14(3)4)13-12(2,11(15)16)7-9-17-5/h10,13H,6-9H2,1-5H3,(H,15,16). The molecule has 2 N–H and O–H groups in total. The zero-order valence-corrected chi connectivity index (χ0v) is 11.6. The molecule has 0 aliphatic heterocycles. The molecule has 0 saturated carbocycles. The van der Waals surface area contributed by atoms with E-state index in [1.54, 1.807) is 14.0 Å². The van der Waals surface area contributed by atoms with Crippen molar-refractivity contribution in [3.8, 4) is 0 Å². The number of nitrogens with one attached hydrogen (secondary N) is 1. The fourth-order valence-electron chi connectivity index (χ4n) is 1.61. The first kappa shape index (κ1) is 16.4. The third-order valence-corrected chi connectivity index (χ3v) is 2.85. The van der Waals surface area contributed by atoms with Gasteiger partial charge in [-0.05, 0) is 47.3 Å². The normalized spacial score (nSPS) is 16.8. The van der Waals surface area contributed by atoms with Gasteiger partial charge in [-0.1, -0.05) is 0 Å². The Hall–Kier alpha value is -0.650. The lowest BCUT2D eigenvalue weighted by atomic mass is 9.96. The zero-order chi connectivity index (χ0) is 13.5. The van der Waals surface area contributed by atoms with Gasteiger partial charge < -0.3 is 14.7 Å². The number of carbonyl (C=O) groups is 1. The number of nitrogens with zero attached hydrogens (tertiary/aromatic N) is 1. The minimum atomic E-state index is -0.915. The molecular formula is C12H26N2O3. The highest BCUT2D eigenvalue weighted by molar-refractivity contribution is 5.78. The summed E-state index contributed by atoms with van der Waals surface area (Å²) in [7, 11) is 5.60. The van der Waals surface area contributed by atoms with Gasteiger partial charge in [-0.3, -0.25) is 10.1 Å². The van der Waals surface area contributed by atoms with E-state index in [1.807, 2.05) is 21.0 Å². The van der Waals surface area contributed by atoms with E-state index >= 15 is 0 Å². The molecule has 0 radical (unpaired) electrons. The molecule has 5 heteroatoms. The van der Waals surface area contributed by atoms with Crippen molar-refractivity contribution in [3.63, 3.8) is 0 Å². The Morgan fingerprint density at radius 3 is 2.53 bits per heavy atom. The summed E-state index contributed by atoms with van der Waals surface area (Å²) < 4.78 is 4.96. The average molecular weight is 246 g/mol. The monoisotopic (exact) mass is 246 g/mol. The average Bonchev–Trinajstić information content (AvgIpc) is 2.23. The van der Waals surface area contributed by atoms with Gasteiger partial charge in [-0.2, -0.15) is 0 Å². The van der Waals surface area contributed by atoms with Gasteiger partial charge in [-0.25, -0.2) is 0 Å². The van der Waals surface area contributed by atoms with Gasteiger partial charge in [0.1, 0.15) is 5.54 Å². The van der Waals surface area contributed by atoms with E-state index in [-0.39, 0.29) is 6.04 Å². The Bertz CT molecular complexity index is 234. The van der Waals surface area contributed by atoms with Crippen LogP contribution in [0.5, 0.6) is 0 Å². The van der Waals surface area contributed by atoms with Gasteiger partial charge in [0.15, 0.2) is 0 Å². The SMILES string of the molecule is COCCC(C)(NC(C)CCN(C)C)C(=O)O. The minimum Gasteiger partial charge on any atom is -0.480 e. The molecule has 0 rings (SSSR count). The fraction of sp³-hybridized carbons (Fsp3) is 0.917. The van der Waals surface area contributed by atoms with Crippen LogP contribution >= 0.6 is 0 Å². The van der Waals surface area contributed by atoms with Crippen molar-refractivity contribution in [2.45, 2.75) is 38.3 Å². The lowest BCUT2D eigenvalue weighted by molar-refractivity contribution is -0.145. The molecule has 0 amide bonds. The molecule has 0 fully saturated rings. The summed E-state index contributed by atoms with van der Waals surface area (Å²) in [4.78, 5) is 13.4. The van der Waals surface area contributed by atoms with Crippen molar-refractivity contribution in [3.05, 3.63) is 0 Å². The second-order valence-corrected chi connectivity index (χ2v) is 5.02. The van der Waals surface area contributed by atoms with E-state index in [0.717, 1.165) is 13.0 Å². The predicted octanol–water partition coefficient (Wildman–Crippen LogP) is 0.796. The first-order valence-electron chi connectivity index (χ1n) is 5.96. The van der Waals surface area contributed by atoms with Gasteiger partial charge in [0.05, 0.1) is 0 Å². The van der Waals surface area contributed by atoms with Crippen LogP contribution < -0.4 is 5.32 Å². The molecule has 0 heterocycles. The number of methoxy groups -OCH3 is 1. The molecule has 2 atom stereocenters. The molecular weight excluding hydrogens is 220 g/mol. The summed E-state index contributed by atoms with van der Waals surface area (Å²) in [5.74, 6) is -0.828. The maximum atomic E-state index is 11.3. The molecule has 0 saturated heterocycles. The van der Waals surface area contributed by atoms with E-state index in [9.17, 15) is 9.90 Å². The summed E-state index contributed by atoms with van der Waals surface area (Å²) in [5.41, 5.74) is -0.915. The van der Waals surface area contributed by atoms with Crippen LogP contribution in [0.2, 0.25) is 0 Å². The van der Waals surface area contributed by atoms with Gasteiger partial charge in [0.25, 0.3) is 0 Å². The third-order valence-electron chi connectivity index (χ3n) is 2.85. The Balaban J connectivity index is 4.28. The number of carboxylic acids is 1. The molecule has 17 heavy (non-hydrogen) atoms. The summed E-state index contributed by atoms with van der Waals surface area (Å²) in [5, 5.41) is 12.4. The lowest BCUT2D eigenvalue weighted by Gasteiger charge is -2.30. The maximum absolute atomic E-state index is 11.3. The van der Waals surface area contributed by atoms with E-state index < -0.39 is 11.5 Å². The Morgan fingerprint density at radius 2 is 2.12 bits per heavy atom. The van der Waals surface area contributed by atoms with Crippen molar-refractivity contribution in [1.82, 2.24) is 10.2 Å². The van der Waals surface area contributed by atoms with Gasteiger partial charge in [-0.15, -0.1) is 0 Å². The third kappa shape index (κ3) is 6.61. The molecule has 0 aromatic rings. The lowest BCUT2D eigenvalue weighted by Crippen LogP contribution is -2.54. The number of ether oxygens (including phenoxy) is 1. The highest BCUT2D eigenvalue weighted by atomic mass is 16.5. The fourth-order valence-corrected chi connectivity index (χ4v) is 1.61. The van der Waals surface area contributed by atoms with Crippen LogP contribution in [0.15, 0.2) is 0 Å². The highest BCUT2D eigenvalue weighted by Crippen LogP contribution is 2.12. The largest absolute Gasteiger partial charge is 0.480 e. The van der Waals surface area contributed by atoms with E-state index in [1.165, 1.54) is 0 Å². The summed E-state index contributed by atoms with van der Waals surface area (Å²) in [6, 6.07) is 0.162. The summed E-state index contributed by atoms with van der Waals surface area (Å²) in [6.45, 7) is 5.10. The first-order valence-corrected chi connectivity index (χ1v) is 5.96. The highest BCUT2D eigenvalue weighted by Gasteiger charge is 2.33. The zero-order valence-electron chi connectivity index (χ0n) is 11.6.